The molecule has 0 radical (unpaired) electrons. The largest absolute Gasteiger partial charge is 0.508 e. The Hall–Kier alpha value is -1.51. The van der Waals surface area contributed by atoms with E-state index in [2.05, 4.69) is 0 Å². The summed E-state index contributed by atoms with van der Waals surface area (Å²) >= 11 is 0. The number of benzene rings is 1. The number of hydrogen-bond acceptors (Lipinski definition) is 3. The van der Waals surface area contributed by atoms with Gasteiger partial charge in [0.1, 0.15) is 11.5 Å². The number of rotatable bonds is 3. The SMILES string of the molecule is O=C(CC1CCCCC1)Oc1ccc(O)cc1. The van der Waals surface area contributed by atoms with Crippen LogP contribution in [0.3, 0.4) is 0 Å². The lowest BCUT2D eigenvalue weighted by atomic mass is 9.87. The Morgan fingerprint density at radius 2 is 1.82 bits per heavy atom. The molecule has 0 amide bonds. The Kier molecular flexibility index (Phi) is 4.02. The van der Waals surface area contributed by atoms with Gasteiger partial charge in [-0.05, 0) is 43.0 Å². The van der Waals surface area contributed by atoms with Gasteiger partial charge in [-0.15, -0.1) is 0 Å². The summed E-state index contributed by atoms with van der Waals surface area (Å²) in [6.07, 6.45) is 6.56. The summed E-state index contributed by atoms with van der Waals surface area (Å²) in [5.41, 5.74) is 0. The van der Waals surface area contributed by atoms with Gasteiger partial charge >= 0.3 is 5.97 Å². The molecule has 1 aromatic rings. The summed E-state index contributed by atoms with van der Waals surface area (Å²) < 4.78 is 5.22. The van der Waals surface area contributed by atoms with Crippen molar-refractivity contribution < 1.29 is 14.6 Å². The number of ether oxygens (including phenoxy) is 1. The quantitative estimate of drug-likeness (QED) is 0.645. The average molecular weight is 234 g/mol. The molecule has 2 rings (SSSR count). The fourth-order valence-corrected chi connectivity index (χ4v) is 2.31. The molecular formula is C14H18O3. The Morgan fingerprint density at radius 3 is 2.47 bits per heavy atom. The van der Waals surface area contributed by atoms with E-state index < -0.39 is 0 Å². The Balaban J connectivity index is 1.82. The molecule has 17 heavy (non-hydrogen) atoms. The molecule has 0 heterocycles. The van der Waals surface area contributed by atoms with E-state index in [1.807, 2.05) is 0 Å². The van der Waals surface area contributed by atoms with Crippen LogP contribution in [0.1, 0.15) is 38.5 Å². The molecule has 3 nitrogen and oxygen atoms in total. The number of carbonyl (C=O) groups is 1. The van der Waals surface area contributed by atoms with Crippen LogP contribution in [0.4, 0.5) is 0 Å². The Morgan fingerprint density at radius 1 is 1.18 bits per heavy atom. The molecule has 0 aromatic heterocycles. The molecule has 1 saturated carbocycles. The predicted molar refractivity (Wildman–Crippen MR) is 64.9 cm³/mol. The number of carbonyl (C=O) groups excluding carboxylic acids is 1. The Labute approximate surface area is 101 Å². The standard InChI is InChI=1S/C14H18O3/c15-12-6-8-13(9-7-12)17-14(16)10-11-4-2-1-3-5-11/h6-9,11,15H,1-5,10H2. The molecule has 1 N–H and O–H groups in total. The summed E-state index contributed by atoms with van der Waals surface area (Å²) in [7, 11) is 0. The summed E-state index contributed by atoms with van der Waals surface area (Å²) in [4.78, 5) is 11.7. The molecule has 0 atom stereocenters. The van der Waals surface area contributed by atoms with E-state index in [0.717, 1.165) is 12.8 Å². The maximum Gasteiger partial charge on any atom is 0.311 e. The summed E-state index contributed by atoms with van der Waals surface area (Å²) in [5, 5.41) is 9.11. The normalized spacial score (nSPS) is 16.7. The number of aromatic hydroxyl groups is 1. The lowest BCUT2D eigenvalue weighted by Gasteiger charge is -2.20. The minimum atomic E-state index is -0.164. The van der Waals surface area contributed by atoms with Crippen LogP contribution in [0.15, 0.2) is 24.3 Å². The first-order valence-corrected chi connectivity index (χ1v) is 6.24. The number of phenolic OH excluding ortho intramolecular Hbond substituents is 1. The summed E-state index contributed by atoms with van der Waals surface area (Å²) in [6.45, 7) is 0. The van der Waals surface area contributed by atoms with E-state index in [1.165, 1.54) is 31.4 Å². The van der Waals surface area contributed by atoms with Crippen molar-refractivity contribution in [3.8, 4) is 11.5 Å². The monoisotopic (exact) mass is 234 g/mol. The lowest BCUT2D eigenvalue weighted by molar-refractivity contribution is -0.135. The van der Waals surface area contributed by atoms with Crippen molar-refractivity contribution in [2.75, 3.05) is 0 Å². The topological polar surface area (TPSA) is 46.5 Å². The molecule has 0 spiro atoms. The molecule has 1 fully saturated rings. The number of esters is 1. The number of hydrogen-bond donors (Lipinski definition) is 1. The van der Waals surface area contributed by atoms with Gasteiger partial charge in [-0.3, -0.25) is 4.79 Å². The first-order chi connectivity index (χ1) is 8.24. The third-order valence-corrected chi connectivity index (χ3v) is 3.25. The fourth-order valence-electron chi connectivity index (χ4n) is 2.31. The van der Waals surface area contributed by atoms with E-state index in [9.17, 15) is 4.79 Å². The maximum absolute atomic E-state index is 11.7. The van der Waals surface area contributed by atoms with Crippen LogP contribution in [0.25, 0.3) is 0 Å². The van der Waals surface area contributed by atoms with E-state index in [1.54, 1.807) is 12.1 Å². The van der Waals surface area contributed by atoms with E-state index in [0.29, 0.717) is 18.1 Å². The van der Waals surface area contributed by atoms with Crippen molar-refractivity contribution in [1.82, 2.24) is 0 Å². The minimum Gasteiger partial charge on any atom is -0.508 e. The van der Waals surface area contributed by atoms with E-state index >= 15 is 0 Å². The molecule has 1 aromatic carbocycles. The molecule has 0 saturated heterocycles. The molecule has 1 aliphatic rings. The van der Waals surface area contributed by atoms with Crippen molar-refractivity contribution in [2.24, 2.45) is 5.92 Å². The van der Waals surface area contributed by atoms with Gasteiger partial charge in [0.2, 0.25) is 0 Å². The molecule has 92 valence electrons. The van der Waals surface area contributed by atoms with Crippen LogP contribution in [0, 0.1) is 5.92 Å². The maximum atomic E-state index is 11.7. The molecular weight excluding hydrogens is 216 g/mol. The average Bonchev–Trinajstić information content (AvgIpc) is 2.33. The molecule has 0 aliphatic heterocycles. The Bertz CT molecular complexity index is 364. The highest BCUT2D eigenvalue weighted by molar-refractivity contribution is 5.72. The van der Waals surface area contributed by atoms with Gasteiger partial charge in [0.25, 0.3) is 0 Å². The van der Waals surface area contributed by atoms with Gasteiger partial charge in [-0.1, -0.05) is 19.3 Å². The third-order valence-electron chi connectivity index (χ3n) is 3.25. The van der Waals surface area contributed by atoms with Crippen LogP contribution in [0.2, 0.25) is 0 Å². The predicted octanol–water partition coefficient (Wildman–Crippen LogP) is 3.27. The highest BCUT2D eigenvalue weighted by atomic mass is 16.5. The van der Waals surface area contributed by atoms with Crippen molar-refractivity contribution in [2.45, 2.75) is 38.5 Å². The first kappa shape index (κ1) is 12.0. The minimum absolute atomic E-state index is 0.164. The van der Waals surface area contributed by atoms with Gasteiger partial charge in [0, 0.05) is 6.42 Å². The highest BCUT2D eigenvalue weighted by Crippen LogP contribution is 2.27. The van der Waals surface area contributed by atoms with Crippen LogP contribution < -0.4 is 4.74 Å². The molecule has 3 heteroatoms. The second-order valence-electron chi connectivity index (χ2n) is 4.68. The smallest absolute Gasteiger partial charge is 0.311 e. The highest BCUT2D eigenvalue weighted by Gasteiger charge is 2.18. The van der Waals surface area contributed by atoms with E-state index in [4.69, 9.17) is 9.84 Å². The summed E-state index contributed by atoms with van der Waals surface area (Å²) in [6, 6.07) is 6.24. The zero-order valence-corrected chi connectivity index (χ0v) is 9.89. The second-order valence-corrected chi connectivity index (χ2v) is 4.68. The summed E-state index contributed by atoms with van der Waals surface area (Å²) in [5.74, 6) is 1.01. The molecule has 1 aliphatic carbocycles. The fraction of sp³-hybridized carbons (Fsp3) is 0.500. The van der Waals surface area contributed by atoms with Crippen LogP contribution >= 0.6 is 0 Å². The van der Waals surface area contributed by atoms with Crippen molar-refractivity contribution >= 4 is 5.97 Å². The molecule has 0 bridgehead atoms. The second kappa shape index (κ2) is 5.71. The van der Waals surface area contributed by atoms with Crippen molar-refractivity contribution in [3.63, 3.8) is 0 Å². The lowest BCUT2D eigenvalue weighted by Crippen LogP contribution is -2.16. The third kappa shape index (κ3) is 3.77. The van der Waals surface area contributed by atoms with Crippen LogP contribution in [0.5, 0.6) is 11.5 Å². The van der Waals surface area contributed by atoms with Gasteiger partial charge in [0.15, 0.2) is 0 Å². The van der Waals surface area contributed by atoms with Crippen LogP contribution in [-0.2, 0) is 4.79 Å². The zero-order valence-electron chi connectivity index (χ0n) is 9.89. The van der Waals surface area contributed by atoms with Crippen molar-refractivity contribution in [3.05, 3.63) is 24.3 Å². The van der Waals surface area contributed by atoms with Crippen molar-refractivity contribution in [1.29, 1.82) is 0 Å². The van der Waals surface area contributed by atoms with E-state index in [-0.39, 0.29) is 11.7 Å². The van der Waals surface area contributed by atoms with Gasteiger partial charge < -0.3 is 9.84 Å². The van der Waals surface area contributed by atoms with Gasteiger partial charge in [-0.2, -0.15) is 0 Å². The van der Waals surface area contributed by atoms with Crippen LogP contribution in [-0.4, -0.2) is 11.1 Å². The van der Waals surface area contributed by atoms with Gasteiger partial charge in [-0.25, -0.2) is 0 Å². The van der Waals surface area contributed by atoms with Gasteiger partial charge in [0.05, 0.1) is 0 Å². The number of phenols is 1. The first-order valence-electron chi connectivity index (χ1n) is 6.24. The zero-order chi connectivity index (χ0) is 12.1. The molecule has 0 unspecified atom stereocenters.